The van der Waals surface area contributed by atoms with Crippen LogP contribution < -0.4 is 4.90 Å². The van der Waals surface area contributed by atoms with Gasteiger partial charge in [0.2, 0.25) is 0 Å². The Kier molecular flexibility index (Phi) is 5.85. The normalized spacial score (nSPS) is 12.0. The molecule has 0 fully saturated rings. The number of hydrogen-bond donors (Lipinski definition) is 0. The summed E-state index contributed by atoms with van der Waals surface area (Å²) in [6, 6.07) is 2.87. The Morgan fingerprint density at radius 1 is 1.26 bits per heavy atom. The highest BCUT2D eigenvalue weighted by Crippen LogP contribution is 2.35. The van der Waals surface area contributed by atoms with Crippen LogP contribution in [0.15, 0.2) is 22.7 Å². The highest BCUT2D eigenvalue weighted by Gasteiger charge is 2.31. The molecule has 0 heterocycles. The van der Waals surface area contributed by atoms with Crippen LogP contribution in [0, 0.1) is 0 Å². The van der Waals surface area contributed by atoms with Crippen molar-refractivity contribution < 1.29 is 22.0 Å². The summed E-state index contributed by atoms with van der Waals surface area (Å²) in [7, 11) is 0. The summed E-state index contributed by atoms with van der Waals surface area (Å²) in [5.74, 6) is 0.0974. The van der Waals surface area contributed by atoms with Crippen molar-refractivity contribution in [2.75, 3.05) is 23.9 Å². The molecule has 0 unspecified atom stereocenters. The number of hydrogen-bond acceptors (Lipinski definition) is 1. The van der Waals surface area contributed by atoms with E-state index in [-0.39, 0.29) is 22.6 Å². The Morgan fingerprint density at radius 2 is 1.89 bits per heavy atom. The zero-order valence-corrected chi connectivity index (χ0v) is 11.9. The van der Waals surface area contributed by atoms with Crippen LogP contribution in [0.3, 0.4) is 0 Å². The first-order chi connectivity index (χ1) is 8.75. The molecule has 0 N–H and O–H groups in total. The van der Waals surface area contributed by atoms with Gasteiger partial charge in [-0.25, -0.2) is 8.78 Å². The minimum Gasteiger partial charge on any atom is -0.364 e. The zero-order valence-electron chi connectivity index (χ0n) is 9.52. The lowest BCUT2D eigenvalue weighted by Crippen LogP contribution is -2.31. The molecule has 0 radical (unpaired) electrons. The Hall–Kier alpha value is -0.560. The molecule has 0 atom stereocenters. The average Bonchev–Trinajstić information content (AvgIpc) is 2.26. The molecule has 19 heavy (non-hydrogen) atoms. The fraction of sp³-hybridized carbons (Fsp3) is 0.455. The van der Waals surface area contributed by atoms with Crippen molar-refractivity contribution in [1.82, 2.24) is 0 Å². The average molecular weight is 367 g/mol. The quantitative estimate of drug-likeness (QED) is 0.535. The third-order valence-corrected chi connectivity index (χ3v) is 3.13. The Balaban J connectivity index is 3.04. The van der Waals surface area contributed by atoms with Crippen LogP contribution in [-0.2, 0) is 6.18 Å². The van der Waals surface area contributed by atoms with Crippen molar-refractivity contribution in [3.63, 3.8) is 0 Å². The molecule has 0 saturated heterocycles. The number of nitrogens with zero attached hydrogens (tertiary/aromatic N) is 1. The number of rotatable bonds is 5. The third kappa shape index (κ3) is 4.80. The Bertz CT molecular complexity index is 424. The van der Waals surface area contributed by atoms with E-state index in [1.165, 1.54) is 4.90 Å². The van der Waals surface area contributed by atoms with Gasteiger partial charge in [0.15, 0.2) is 0 Å². The van der Waals surface area contributed by atoms with Crippen molar-refractivity contribution in [2.45, 2.75) is 12.6 Å². The molecule has 1 aromatic rings. The smallest absolute Gasteiger partial charge is 0.364 e. The second-order valence-electron chi connectivity index (χ2n) is 3.69. The van der Waals surface area contributed by atoms with Gasteiger partial charge in [-0.05, 0) is 34.1 Å². The molecule has 0 aromatic heterocycles. The lowest BCUT2D eigenvalue weighted by atomic mass is 10.2. The van der Waals surface area contributed by atoms with Crippen molar-refractivity contribution in [2.24, 2.45) is 0 Å². The number of alkyl halides is 6. The van der Waals surface area contributed by atoms with E-state index in [0.29, 0.717) is 0 Å². The van der Waals surface area contributed by atoms with Gasteiger partial charge < -0.3 is 4.90 Å². The van der Waals surface area contributed by atoms with Gasteiger partial charge in [0.05, 0.1) is 17.8 Å². The van der Waals surface area contributed by atoms with Gasteiger partial charge >= 0.3 is 6.18 Å². The fourth-order valence-electron chi connectivity index (χ4n) is 1.52. The molecule has 0 saturated carbocycles. The summed E-state index contributed by atoms with van der Waals surface area (Å²) in [6.07, 6.45) is -7.07. The first-order valence-corrected chi connectivity index (χ1v) is 6.54. The molecule has 0 bridgehead atoms. The molecule has 0 aliphatic rings. The van der Waals surface area contributed by atoms with E-state index in [4.69, 9.17) is 11.6 Å². The summed E-state index contributed by atoms with van der Waals surface area (Å²) >= 11 is 8.47. The minimum absolute atomic E-state index is 0.0974. The molecule has 8 heteroatoms. The molecular formula is C11H10BrClF5N. The number of benzene rings is 1. The van der Waals surface area contributed by atoms with E-state index in [0.717, 1.165) is 18.2 Å². The van der Waals surface area contributed by atoms with Crippen LogP contribution >= 0.6 is 27.5 Å². The summed E-state index contributed by atoms with van der Waals surface area (Å²) < 4.78 is 62.4. The van der Waals surface area contributed by atoms with Crippen molar-refractivity contribution in [1.29, 1.82) is 0 Å². The SMILES string of the molecule is FC(F)CN(CCCl)c1ccc(C(F)(F)F)cc1Br. The van der Waals surface area contributed by atoms with Gasteiger partial charge in [0, 0.05) is 16.9 Å². The van der Waals surface area contributed by atoms with Gasteiger partial charge in [-0.15, -0.1) is 11.6 Å². The van der Waals surface area contributed by atoms with Crippen LogP contribution in [0.1, 0.15) is 5.56 Å². The maximum absolute atomic E-state index is 12.5. The largest absolute Gasteiger partial charge is 0.416 e. The predicted molar refractivity (Wildman–Crippen MR) is 68.1 cm³/mol. The van der Waals surface area contributed by atoms with Crippen molar-refractivity contribution in [3.05, 3.63) is 28.2 Å². The van der Waals surface area contributed by atoms with Gasteiger partial charge in [0.25, 0.3) is 6.43 Å². The molecule has 0 aliphatic carbocycles. The number of halogens is 7. The molecule has 0 spiro atoms. The molecular weight excluding hydrogens is 356 g/mol. The molecule has 108 valence electrons. The van der Waals surface area contributed by atoms with Crippen LogP contribution in [0.4, 0.5) is 27.6 Å². The van der Waals surface area contributed by atoms with E-state index in [1.54, 1.807) is 0 Å². The first-order valence-electron chi connectivity index (χ1n) is 5.21. The van der Waals surface area contributed by atoms with E-state index < -0.39 is 24.7 Å². The Labute approximate surface area is 120 Å². The van der Waals surface area contributed by atoms with Crippen LogP contribution in [0.25, 0.3) is 0 Å². The van der Waals surface area contributed by atoms with E-state index >= 15 is 0 Å². The highest BCUT2D eigenvalue weighted by molar-refractivity contribution is 9.10. The summed E-state index contributed by atoms with van der Waals surface area (Å²) in [6.45, 7) is -0.466. The van der Waals surface area contributed by atoms with Crippen molar-refractivity contribution >= 4 is 33.2 Å². The second-order valence-corrected chi connectivity index (χ2v) is 4.92. The second kappa shape index (κ2) is 6.74. The molecule has 1 nitrogen and oxygen atoms in total. The molecule has 1 aromatic carbocycles. The Morgan fingerprint density at radius 3 is 2.32 bits per heavy atom. The van der Waals surface area contributed by atoms with Crippen molar-refractivity contribution in [3.8, 4) is 0 Å². The molecule has 1 rings (SSSR count). The van der Waals surface area contributed by atoms with Gasteiger partial charge in [-0.3, -0.25) is 0 Å². The zero-order chi connectivity index (χ0) is 14.6. The van der Waals surface area contributed by atoms with Gasteiger partial charge in [-0.1, -0.05) is 0 Å². The summed E-state index contributed by atoms with van der Waals surface area (Å²) in [5, 5.41) is 0. The maximum Gasteiger partial charge on any atom is 0.416 e. The molecule has 0 amide bonds. The van der Waals surface area contributed by atoms with Gasteiger partial charge in [0.1, 0.15) is 0 Å². The summed E-state index contributed by atoms with van der Waals surface area (Å²) in [4.78, 5) is 1.24. The third-order valence-electron chi connectivity index (χ3n) is 2.33. The molecule has 0 aliphatic heterocycles. The standard InChI is InChI=1S/C11H10BrClF5N/c12-8-5-7(11(16,17)18)1-2-9(8)19(4-3-13)6-10(14)15/h1-2,5,10H,3-4,6H2. The van der Waals surface area contributed by atoms with E-state index in [9.17, 15) is 22.0 Å². The summed E-state index contributed by atoms with van der Waals surface area (Å²) in [5.41, 5.74) is -0.583. The predicted octanol–water partition coefficient (Wildman–Crippen LogP) is 4.78. The van der Waals surface area contributed by atoms with E-state index in [2.05, 4.69) is 15.9 Å². The maximum atomic E-state index is 12.5. The van der Waals surface area contributed by atoms with Crippen LogP contribution in [0.2, 0.25) is 0 Å². The highest BCUT2D eigenvalue weighted by atomic mass is 79.9. The van der Waals surface area contributed by atoms with Gasteiger partial charge in [-0.2, -0.15) is 13.2 Å². The topological polar surface area (TPSA) is 3.24 Å². The van der Waals surface area contributed by atoms with Crippen LogP contribution in [-0.4, -0.2) is 25.4 Å². The minimum atomic E-state index is -4.47. The first kappa shape index (κ1) is 16.5. The number of anilines is 1. The van der Waals surface area contributed by atoms with Crippen LogP contribution in [0.5, 0.6) is 0 Å². The lowest BCUT2D eigenvalue weighted by Gasteiger charge is -2.25. The lowest BCUT2D eigenvalue weighted by molar-refractivity contribution is -0.137. The fourth-order valence-corrected chi connectivity index (χ4v) is 2.35. The van der Waals surface area contributed by atoms with E-state index in [1.807, 2.05) is 0 Å². The monoisotopic (exact) mass is 365 g/mol.